The Labute approximate surface area is 123 Å². The fourth-order valence-electron chi connectivity index (χ4n) is 2.17. The summed E-state index contributed by atoms with van der Waals surface area (Å²) in [5.74, 6) is 0.777. The zero-order chi connectivity index (χ0) is 14.1. The van der Waals surface area contributed by atoms with Crippen molar-refractivity contribution in [1.29, 1.82) is 0 Å². The van der Waals surface area contributed by atoms with Gasteiger partial charge in [0.25, 0.3) is 0 Å². The first-order chi connectivity index (χ1) is 9.72. The summed E-state index contributed by atoms with van der Waals surface area (Å²) >= 11 is 3.53. The van der Waals surface area contributed by atoms with Crippen LogP contribution in [0.4, 0.5) is 0 Å². The standard InChI is InChI=1S/C14H11BrN4O/c15-11-4-1-3-10-9(11)6-7-17-14(10)19-8-2-5-12(19)13(16)18-20/h1-8,20H,(H2,16,18). The van der Waals surface area contributed by atoms with Gasteiger partial charge in [-0.25, -0.2) is 4.98 Å². The number of halogens is 1. The van der Waals surface area contributed by atoms with E-state index >= 15 is 0 Å². The lowest BCUT2D eigenvalue weighted by atomic mass is 10.1. The summed E-state index contributed by atoms with van der Waals surface area (Å²) in [7, 11) is 0. The van der Waals surface area contributed by atoms with E-state index in [1.807, 2.05) is 36.5 Å². The fraction of sp³-hybridized carbons (Fsp3) is 0. The first kappa shape index (κ1) is 12.7. The molecular formula is C14H11BrN4O. The van der Waals surface area contributed by atoms with Gasteiger partial charge in [-0.05, 0) is 24.3 Å². The van der Waals surface area contributed by atoms with Gasteiger partial charge in [-0.15, -0.1) is 0 Å². The predicted molar refractivity (Wildman–Crippen MR) is 81.3 cm³/mol. The number of nitrogens with two attached hydrogens (primary N) is 1. The second-order valence-electron chi connectivity index (χ2n) is 4.22. The molecule has 0 saturated carbocycles. The summed E-state index contributed by atoms with van der Waals surface area (Å²) < 4.78 is 2.79. The molecule has 0 radical (unpaired) electrons. The van der Waals surface area contributed by atoms with Crippen LogP contribution in [0.1, 0.15) is 5.69 Å². The van der Waals surface area contributed by atoms with Crippen molar-refractivity contribution in [3.63, 3.8) is 0 Å². The zero-order valence-corrected chi connectivity index (χ0v) is 11.9. The monoisotopic (exact) mass is 330 g/mol. The quantitative estimate of drug-likeness (QED) is 0.328. The molecule has 0 bridgehead atoms. The van der Waals surface area contributed by atoms with Crippen molar-refractivity contribution >= 4 is 32.5 Å². The summed E-state index contributed by atoms with van der Waals surface area (Å²) in [5.41, 5.74) is 6.28. The second kappa shape index (κ2) is 4.97. The molecule has 0 amide bonds. The molecule has 3 N–H and O–H groups in total. The topological polar surface area (TPSA) is 76.4 Å². The van der Waals surface area contributed by atoms with E-state index in [1.165, 1.54) is 0 Å². The Bertz CT molecular complexity index is 810. The molecule has 20 heavy (non-hydrogen) atoms. The van der Waals surface area contributed by atoms with Gasteiger partial charge in [0.15, 0.2) is 5.84 Å². The fourth-order valence-corrected chi connectivity index (χ4v) is 2.67. The maximum atomic E-state index is 8.86. The number of aromatic nitrogens is 2. The number of oxime groups is 1. The van der Waals surface area contributed by atoms with Gasteiger partial charge in [-0.3, -0.25) is 4.57 Å². The van der Waals surface area contributed by atoms with Gasteiger partial charge >= 0.3 is 0 Å². The van der Waals surface area contributed by atoms with Gasteiger partial charge < -0.3 is 10.9 Å². The molecule has 0 saturated heterocycles. The molecule has 0 fully saturated rings. The van der Waals surface area contributed by atoms with Crippen molar-refractivity contribution < 1.29 is 5.21 Å². The lowest BCUT2D eigenvalue weighted by Gasteiger charge is -2.10. The van der Waals surface area contributed by atoms with Crippen LogP contribution in [0.2, 0.25) is 0 Å². The molecule has 2 aromatic heterocycles. The van der Waals surface area contributed by atoms with E-state index in [1.54, 1.807) is 16.8 Å². The van der Waals surface area contributed by atoms with Gasteiger partial charge in [0, 0.05) is 27.6 Å². The van der Waals surface area contributed by atoms with Crippen molar-refractivity contribution in [3.05, 3.63) is 59.0 Å². The van der Waals surface area contributed by atoms with E-state index in [2.05, 4.69) is 26.1 Å². The molecule has 6 heteroatoms. The molecule has 0 aliphatic carbocycles. The van der Waals surface area contributed by atoms with Crippen LogP contribution in [-0.4, -0.2) is 20.6 Å². The van der Waals surface area contributed by atoms with E-state index < -0.39 is 0 Å². The smallest absolute Gasteiger partial charge is 0.187 e. The van der Waals surface area contributed by atoms with Crippen LogP contribution in [0.15, 0.2) is 58.4 Å². The minimum Gasteiger partial charge on any atom is -0.409 e. The van der Waals surface area contributed by atoms with Crippen LogP contribution < -0.4 is 5.73 Å². The molecule has 100 valence electrons. The number of rotatable bonds is 2. The SMILES string of the molecule is N/C(=N/O)c1cccn1-c1nccc2c(Br)cccc12. The van der Waals surface area contributed by atoms with Gasteiger partial charge in [0.2, 0.25) is 0 Å². The average molecular weight is 331 g/mol. The van der Waals surface area contributed by atoms with E-state index in [9.17, 15) is 0 Å². The molecule has 0 spiro atoms. The van der Waals surface area contributed by atoms with E-state index in [0.717, 1.165) is 21.1 Å². The highest BCUT2D eigenvalue weighted by Gasteiger charge is 2.12. The highest BCUT2D eigenvalue weighted by atomic mass is 79.9. The van der Waals surface area contributed by atoms with Crippen LogP contribution in [-0.2, 0) is 0 Å². The third kappa shape index (κ3) is 1.94. The molecule has 0 aliphatic rings. The van der Waals surface area contributed by atoms with Crippen molar-refractivity contribution in [2.45, 2.75) is 0 Å². The van der Waals surface area contributed by atoms with Crippen LogP contribution in [0.25, 0.3) is 16.6 Å². The highest BCUT2D eigenvalue weighted by molar-refractivity contribution is 9.10. The van der Waals surface area contributed by atoms with Crippen LogP contribution in [0, 0.1) is 0 Å². The zero-order valence-electron chi connectivity index (χ0n) is 10.4. The highest BCUT2D eigenvalue weighted by Crippen LogP contribution is 2.27. The molecule has 3 aromatic rings. The maximum Gasteiger partial charge on any atom is 0.187 e. The van der Waals surface area contributed by atoms with Crippen LogP contribution >= 0.6 is 15.9 Å². The van der Waals surface area contributed by atoms with Crippen molar-refractivity contribution in [2.75, 3.05) is 0 Å². The lowest BCUT2D eigenvalue weighted by Crippen LogP contribution is -2.17. The Balaban J connectivity index is 2.31. The Hall–Kier alpha value is -2.34. The first-order valence-electron chi connectivity index (χ1n) is 5.91. The maximum absolute atomic E-state index is 8.86. The molecule has 3 rings (SSSR count). The van der Waals surface area contributed by atoms with E-state index in [4.69, 9.17) is 10.9 Å². The normalized spacial score (nSPS) is 11.9. The number of hydrogen-bond donors (Lipinski definition) is 2. The number of fused-ring (bicyclic) bond motifs is 1. The first-order valence-corrected chi connectivity index (χ1v) is 6.70. The minimum atomic E-state index is 0.0452. The van der Waals surface area contributed by atoms with Crippen molar-refractivity contribution in [2.24, 2.45) is 10.9 Å². The van der Waals surface area contributed by atoms with Crippen molar-refractivity contribution in [1.82, 2.24) is 9.55 Å². The summed E-state index contributed by atoms with van der Waals surface area (Å²) in [6.45, 7) is 0. The number of pyridine rings is 1. The minimum absolute atomic E-state index is 0.0452. The average Bonchev–Trinajstić information content (AvgIpc) is 2.95. The molecule has 0 aliphatic heterocycles. The summed E-state index contributed by atoms with van der Waals surface area (Å²) in [6, 6.07) is 11.4. The Kier molecular flexibility index (Phi) is 3.15. The van der Waals surface area contributed by atoms with Gasteiger partial charge in [-0.1, -0.05) is 33.2 Å². The van der Waals surface area contributed by atoms with Gasteiger partial charge in [0.05, 0.1) is 5.69 Å². The number of amidine groups is 1. The third-order valence-corrected chi connectivity index (χ3v) is 3.77. The summed E-state index contributed by atoms with van der Waals surface area (Å²) in [6.07, 6.45) is 3.56. The molecule has 2 heterocycles. The van der Waals surface area contributed by atoms with E-state index in [-0.39, 0.29) is 5.84 Å². The second-order valence-corrected chi connectivity index (χ2v) is 5.07. The van der Waals surface area contributed by atoms with Crippen molar-refractivity contribution in [3.8, 4) is 5.82 Å². The van der Waals surface area contributed by atoms with Crippen LogP contribution in [0.5, 0.6) is 0 Å². The molecule has 0 unspecified atom stereocenters. The third-order valence-electron chi connectivity index (χ3n) is 3.08. The largest absolute Gasteiger partial charge is 0.409 e. The summed E-state index contributed by atoms with van der Waals surface area (Å²) in [4.78, 5) is 4.42. The molecular weight excluding hydrogens is 320 g/mol. The number of nitrogens with zero attached hydrogens (tertiary/aromatic N) is 3. The van der Waals surface area contributed by atoms with Gasteiger partial charge in [-0.2, -0.15) is 0 Å². The van der Waals surface area contributed by atoms with Crippen LogP contribution in [0.3, 0.4) is 0 Å². The number of benzene rings is 1. The van der Waals surface area contributed by atoms with Gasteiger partial charge in [0.1, 0.15) is 5.82 Å². The molecule has 0 atom stereocenters. The van der Waals surface area contributed by atoms with E-state index in [0.29, 0.717) is 5.69 Å². The molecule has 5 nitrogen and oxygen atoms in total. The molecule has 1 aromatic carbocycles. The summed E-state index contributed by atoms with van der Waals surface area (Å²) in [5, 5.41) is 13.9. The predicted octanol–water partition coefficient (Wildman–Crippen LogP) is 2.88. The lowest BCUT2D eigenvalue weighted by molar-refractivity contribution is 0.318. The Morgan fingerprint density at radius 2 is 2.05 bits per heavy atom. The number of hydrogen-bond acceptors (Lipinski definition) is 3. The Morgan fingerprint density at radius 1 is 1.20 bits per heavy atom. The Morgan fingerprint density at radius 3 is 2.85 bits per heavy atom.